The summed E-state index contributed by atoms with van der Waals surface area (Å²) in [5.74, 6) is 3.27. The van der Waals surface area contributed by atoms with E-state index in [-0.39, 0.29) is 0 Å². The summed E-state index contributed by atoms with van der Waals surface area (Å²) in [6.45, 7) is 6.28. The van der Waals surface area contributed by atoms with Crippen molar-refractivity contribution in [2.24, 2.45) is 25.9 Å². The Bertz CT molecular complexity index is 1040. The first kappa shape index (κ1) is 20.0. The molecular formula is C23H32N8. The summed E-state index contributed by atoms with van der Waals surface area (Å²) >= 11 is 0. The normalized spacial score (nSPS) is 21.4. The second-order valence-electron chi connectivity index (χ2n) is 9.33. The molecule has 0 amide bonds. The first-order valence-electron chi connectivity index (χ1n) is 11.3. The molecule has 0 bridgehead atoms. The fraction of sp³-hybridized carbons (Fsp3) is 0.565. The predicted molar refractivity (Wildman–Crippen MR) is 121 cm³/mol. The van der Waals surface area contributed by atoms with E-state index in [0.29, 0.717) is 11.8 Å². The van der Waals surface area contributed by atoms with Gasteiger partial charge in [-0.1, -0.05) is 0 Å². The van der Waals surface area contributed by atoms with E-state index in [1.165, 1.54) is 24.0 Å². The van der Waals surface area contributed by atoms with Crippen molar-refractivity contribution in [3.63, 3.8) is 0 Å². The van der Waals surface area contributed by atoms with E-state index < -0.39 is 0 Å². The number of hydrogen-bond acceptors (Lipinski definition) is 6. The van der Waals surface area contributed by atoms with Crippen LogP contribution >= 0.6 is 0 Å². The van der Waals surface area contributed by atoms with Gasteiger partial charge in [0.05, 0.1) is 12.4 Å². The predicted octanol–water partition coefficient (Wildman–Crippen LogP) is 2.39. The van der Waals surface area contributed by atoms with Gasteiger partial charge >= 0.3 is 0 Å². The summed E-state index contributed by atoms with van der Waals surface area (Å²) in [6.07, 6.45) is 14.8. The molecule has 31 heavy (non-hydrogen) atoms. The number of aryl methyl sites for hydroxylation is 3. The lowest BCUT2D eigenvalue weighted by atomic mass is 10.0. The summed E-state index contributed by atoms with van der Waals surface area (Å²) in [4.78, 5) is 14.5. The maximum atomic E-state index is 5.04. The molecule has 0 saturated carbocycles. The lowest BCUT2D eigenvalue weighted by Gasteiger charge is -2.23. The van der Waals surface area contributed by atoms with Gasteiger partial charge in [-0.05, 0) is 55.6 Å². The highest BCUT2D eigenvalue weighted by Gasteiger charge is 2.28. The summed E-state index contributed by atoms with van der Waals surface area (Å²) in [7, 11) is 3.96. The average Bonchev–Trinajstić information content (AvgIpc) is 3.53. The Morgan fingerprint density at radius 1 is 0.839 bits per heavy atom. The van der Waals surface area contributed by atoms with E-state index in [1.807, 2.05) is 42.0 Å². The molecule has 3 aromatic heterocycles. The number of anilines is 2. The summed E-state index contributed by atoms with van der Waals surface area (Å²) in [6, 6.07) is 0. The van der Waals surface area contributed by atoms with Crippen LogP contribution in [0.3, 0.4) is 0 Å². The zero-order chi connectivity index (χ0) is 21.4. The zero-order valence-corrected chi connectivity index (χ0v) is 18.8. The molecule has 5 rings (SSSR count). The molecule has 2 aliphatic heterocycles. The van der Waals surface area contributed by atoms with Crippen molar-refractivity contribution in [2.45, 2.75) is 32.6 Å². The second-order valence-corrected chi connectivity index (χ2v) is 9.33. The van der Waals surface area contributed by atoms with Crippen LogP contribution in [0.2, 0.25) is 0 Å². The molecule has 2 atom stereocenters. The maximum absolute atomic E-state index is 5.04. The molecular weight excluding hydrogens is 388 g/mol. The van der Waals surface area contributed by atoms with Gasteiger partial charge in [0, 0.05) is 64.4 Å². The van der Waals surface area contributed by atoms with Crippen LogP contribution in [0.1, 0.15) is 29.5 Å². The molecule has 2 aliphatic rings. The Morgan fingerprint density at radius 2 is 1.42 bits per heavy atom. The molecule has 0 N–H and O–H groups in total. The third-order valence-corrected chi connectivity index (χ3v) is 6.65. The Hall–Kier alpha value is -2.90. The van der Waals surface area contributed by atoms with Crippen molar-refractivity contribution in [2.75, 3.05) is 36.0 Å². The van der Waals surface area contributed by atoms with Crippen LogP contribution in [0.25, 0.3) is 0 Å². The molecule has 8 nitrogen and oxygen atoms in total. The smallest absolute Gasteiger partial charge is 0.227 e. The lowest BCUT2D eigenvalue weighted by molar-refractivity contribution is 0.584. The monoisotopic (exact) mass is 420 g/mol. The van der Waals surface area contributed by atoms with Crippen molar-refractivity contribution >= 4 is 11.8 Å². The van der Waals surface area contributed by atoms with Crippen LogP contribution in [0.15, 0.2) is 31.0 Å². The van der Waals surface area contributed by atoms with Gasteiger partial charge in [-0.25, -0.2) is 4.98 Å². The van der Waals surface area contributed by atoms with Crippen molar-refractivity contribution in [3.8, 4) is 0 Å². The molecule has 5 heterocycles. The molecule has 3 aromatic rings. The highest BCUT2D eigenvalue weighted by atomic mass is 15.3. The molecule has 2 unspecified atom stereocenters. The van der Waals surface area contributed by atoms with Gasteiger partial charge < -0.3 is 9.80 Å². The molecule has 2 saturated heterocycles. The first-order valence-corrected chi connectivity index (χ1v) is 11.3. The number of nitrogens with zero attached hydrogens (tertiary/aromatic N) is 8. The number of rotatable bonds is 6. The fourth-order valence-electron chi connectivity index (χ4n) is 5.09. The molecule has 0 radical (unpaired) electrons. The van der Waals surface area contributed by atoms with Gasteiger partial charge in [-0.3, -0.25) is 9.36 Å². The van der Waals surface area contributed by atoms with E-state index in [9.17, 15) is 0 Å². The molecule has 0 spiro atoms. The minimum absolute atomic E-state index is 0.633. The van der Waals surface area contributed by atoms with E-state index in [4.69, 9.17) is 4.98 Å². The molecule has 0 aromatic carbocycles. The average molecular weight is 421 g/mol. The van der Waals surface area contributed by atoms with Gasteiger partial charge in [0.25, 0.3) is 0 Å². The van der Waals surface area contributed by atoms with E-state index in [1.54, 1.807) is 0 Å². The topological polar surface area (TPSA) is 67.9 Å². The lowest BCUT2D eigenvalue weighted by Crippen LogP contribution is -2.26. The Morgan fingerprint density at radius 3 is 2.00 bits per heavy atom. The van der Waals surface area contributed by atoms with Gasteiger partial charge in [0.15, 0.2) is 0 Å². The van der Waals surface area contributed by atoms with Gasteiger partial charge in [-0.2, -0.15) is 15.2 Å². The van der Waals surface area contributed by atoms with Crippen LogP contribution in [0, 0.1) is 18.8 Å². The van der Waals surface area contributed by atoms with E-state index in [2.05, 4.69) is 44.3 Å². The summed E-state index contributed by atoms with van der Waals surface area (Å²) in [5, 5.41) is 8.61. The maximum Gasteiger partial charge on any atom is 0.227 e. The van der Waals surface area contributed by atoms with Gasteiger partial charge in [0.2, 0.25) is 5.95 Å². The van der Waals surface area contributed by atoms with Crippen LogP contribution < -0.4 is 9.80 Å². The van der Waals surface area contributed by atoms with Crippen molar-refractivity contribution in [1.29, 1.82) is 0 Å². The SMILES string of the molecule is Cc1cnc(N2CCC(Cc3cnn(C)c3)C2)nc1N1CCC(Cc2cnn(C)c2)C1. The number of aromatic nitrogens is 6. The fourth-order valence-corrected chi connectivity index (χ4v) is 5.09. The zero-order valence-electron chi connectivity index (χ0n) is 18.8. The second kappa shape index (κ2) is 8.32. The summed E-state index contributed by atoms with van der Waals surface area (Å²) in [5.41, 5.74) is 3.81. The minimum atomic E-state index is 0.633. The largest absolute Gasteiger partial charge is 0.356 e. The van der Waals surface area contributed by atoms with E-state index >= 15 is 0 Å². The molecule has 2 fully saturated rings. The van der Waals surface area contributed by atoms with Crippen molar-refractivity contribution < 1.29 is 0 Å². The standard InChI is InChI=1S/C23H32N8/c1-17-10-24-23(31-7-5-19(16-31)9-21-12-26-29(3)14-21)27-22(17)30-6-4-18(15-30)8-20-11-25-28(2)13-20/h10-14,18-19H,4-9,15-16H2,1-3H3. The third kappa shape index (κ3) is 4.43. The van der Waals surface area contributed by atoms with E-state index in [0.717, 1.165) is 56.4 Å². The van der Waals surface area contributed by atoms with Crippen molar-refractivity contribution in [1.82, 2.24) is 29.5 Å². The molecule has 164 valence electrons. The van der Waals surface area contributed by atoms with Crippen LogP contribution in [-0.2, 0) is 26.9 Å². The third-order valence-electron chi connectivity index (χ3n) is 6.65. The molecule has 8 heteroatoms. The highest BCUT2D eigenvalue weighted by molar-refractivity contribution is 5.51. The van der Waals surface area contributed by atoms with Gasteiger partial charge in [-0.15, -0.1) is 0 Å². The van der Waals surface area contributed by atoms with Crippen LogP contribution in [0.5, 0.6) is 0 Å². The first-order chi connectivity index (χ1) is 15.0. The van der Waals surface area contributed by atoms with Gasteiger partial charge in [0.1, 0.15) is 5.82 Å². The minimum Gasteiger partial charge on any atom is -0.356 e. The number of hydrogen-bond donors (Lipinski definition) is 0. The summed E-state index contributed by atoms with van der Waals surface area (Å²) < 4.78 is 3.77. The van der Waals surface area contributed by atoms with Crippen LogP contribution in [-0.4, -0.2) is 55.7 Å². The Balaban J connectivity index is 1.23. The highest BCUT2D eigenvalue weighted by Crippen LogP contribution is 2.30. The Kier molecular flexibility index (Phi) is 5.38. The van der Waals surface area contributed by atoms with Crippen molar-refractivity contribution in [3.05, 3.63) is 47.7 Å². The molecule has 0 aliphatic carbocycles. The quantitative estimate of drug-likeness (QED) is 0.610. The Labute approximate surface area is 183 Å². The van der Waals surface area contributed by atoms with Crippen LogP contribution in [0.4, 0.5) is 11.8 Å².